The van der Waals surface area contributed by atoms with Gasteiger partial charge in [0.25, 0.3) is 15.9 Å². The summed E-state index contributed by atoms with van der Waals surface area (Å²) in [5, 5.41) is 1.67. The van der Waals surface area contributed by atoms with Gasteiger partial charge in [0.05, 0.1) is 23.3 Å². The van der Waals surface area contributed by atoms with E-state index < -0.39 is 22.1 Å². The molecular formula is C27H26N2O7S. The second-order valence-corrected chi connectivity index (χ2v) is 10.5. The molecule has 0 radical (unpaired) electrons. The molecule has 9 nitrogen and oxygen atoms in total. The minimum Gasteiger partial charge on any atom is -0.495 e. The fourth-order valence-electron chi connectivity index (χ4n) is 4.47. The lowest BCUT2D eigenvalue weighted by Gasteiger charge is -2.20. The van der Waals surface area contributed by atoms with Gasteiger partial charge in [-0.3, -0.25) is 9.52 Å². The van der Waals surface area contributed by atoms with Crippen molar-refractivity contribution < 1.29 is 31.9 Å². The first-order chi connectivity index (χ1) is 17.8. The third-order valence-electron chi connectivity index (χ3n) is 6.37. The van der Waals surface area contributed by atoms with Gasteiger partial charge in [-0.2, -0.15) is 0 Å². The van der Waals surface area contributed by atoms with Gasteiger partial charge < -0.3 is 18.8 Å². The van der Waals surface area contributed by atoms with Gasteiger partial charge in [0.1, 0.15) is 16.9 Å². The van der Waals surface area contributed by atoms with E-state index in [0.29, 0.717) is 30.0 Å². The van der Waals surface area contributed by atoms with E-state index in [9.17, 15) is 18.0 Å². The largest absolute Gasteiger partial charge is 0.495 e. The van der Waals surface area contributed by atoms with Crippen LogP contribution in [0.3, 0.4) is 0 Å². The van der Waals surface area contributed by atoms with Gasteiger partial charge in [0.15, 0.2) is 6.10 Å². The molecule has 1 saturated heterocycles. The topological polar surface area (TPSA) is 115 Å². The first-order valence-corrected chi connectivity index (χ1v) is 13.4. The Hall–Kier alpha value is -4.05. The molecule has 5 rings (SSSR count). The second-order valence-electron chi connectivity index (χ2n) is 8.86. The van der Waals surface area contributed by atoms with E-state index in [4.69, 9.17) is 13.9 Å². The Morgan fingerprint density at radius 1 is 0.973 bits per heavy atom. The van der Waals surface area contributed by atoms with Crippen LogP contribution in [-0.2, 0) is 19.6 Å². The third kappa shape index (κ3) is 4.84. The molecule has 1 aromatic heterocycles. The predicted molar refractivity (Wildman–Crippen MR) is 138 cm³/mol. The van der Waals surface area contributed by atoms with Crippen molar-refractivity contribution in [3.63, 3.8) is 0 Å². The lowest BCUT2D eigenvalue weighted by atomic mass is 10.1. The number of carbonyl (C=O) groups is 2. The van der Waals surface area contributed by atoms with E-state index in [1.807, 2.05) is 24.3 Å². The highest BCUT2D eigenvalue weighted by Crippen LogP contribution is 2.37. The summed E-state index contributed by atoms with van der Waals surface area (Å²) in [6.07, 6.45) is 0.879. The van der Waals surface area contributed by atoms with Gasteiger partial charge in [-0.1, -0.05) is 24.3 Å². The number of ether oxygens (including phenoxy) is 2. The molecule has 4 aromatic rings. The van der Waals surface area contributed by atoms with E-state index in [1.54, 1.807) is 17.0 Å². The highest BCUT2D eigenvalue weighted by Gasteiger charge is 2.27. The monoisotopic (exact) mass is 522 g/mol. The molecule has 0 aliphatic carbocycles. The molecular weight excluding hydrogens is 496 g/mol. The Morgan fingerprint density at radius 2 is 1.73 bits per heavy atom. The maximum atomic E-state index is 13.2. The lowest BCUT2D eigenvalue weighted by Crippen LogP contribution is -2.38. The van der Waals surface area contributed by atoms with Crippen molar-refractivity contribution in [2.24, 2.45) is 0 Å². The molecule has 1 fully saturated rings. The summed E-state index contributed by atoms with van der Waals surface area (Å²) in [6, 6.07) is 16.2. The fraction of sp³-hybridized carbons (Fsp3) is 0.259. The average molecular weight is 523 g/mol. The highest BCUT2D eigenvalue weighted by molar-refractivity contribution is 7.92. The number of anilines is 1. The summed E-state index contributed by atoms with van der Waals surface area (Å²) in [6.45, 7) is 2.80. The number of fused-ring (bicyclic) bond motifs is 3. The second kappa shape index (κ2) is 9.78. The van der Waals surface area contributed by atoms with Crippen molar-refractivity contribution in [1.29, 1.82) is 0 Å². The van der Waals surface area contributed by atoms with Crippen LogP contribution in [0.25, 0.3) is 21.9 Å². The fourth-order valence-corrected chi connectivity index (χ4v) is 5.57. The van der Waals surface area contributed by atoms with Gasteiger partial charge in [-0.15, -0.1) is 0 Å². The van der Waals surface area contributed by atoms with Crippen LogP contribution in [0.15, 0.2) is 70.0 Å². The quantitative estimate of drug-likeness (QED) is 0.354. The lowest BCUT2D eigenvalue weighted by molar-refractivity contribution is -0.138. The standard InChI is InChI=1S/C27H26N2O7S/c1-17(26(30)29-12-5-6-13-29)35-27(31)18-8-7-9-19(14-18)37(32,33)28-22-16-24-21(15-25(22)34-2)20-10-3-4-11-23(20)36-24/h3-4,7-11,14-17,28H,5-6,12-13H2,1-2H3. The normalized spacial score (nSPS) is 14.6. The van der Waals surface area contributed by atoms with Gasteiger partial charge >= 0.3 is 5.97 Å². The van der Waals surface area contributed by atoms with Crippen LogP contribution in [0, 0.1) is 0 Å². The summed E-state index contributed by atoms with van der Waals surface area (Å²) < 4.78 is 45.7. The molecule has 1 aliphatic rings. The number of esters is 1. The Balaban J connectivity index is 1.38. The number of methoxy groups -OCH3 is 1. The van der Waals surface area contributed by atoms with Crippen LogP contribution in [0.2, 0.25) is 0 Å². The molecule has 0 saturated carbocycles. The Labute approximate surface area is 214 Å². The van der Waals surface area contributed by atoms with E-state index in [0.717, 1.165) is 23.6 Å². The van der Waals surface area contributed by atoms with Crippen molar-refractivity contribution in [3.8, 4) is 5.75 Å². The van der Waals surface area contributed by atoms with E-state index >= 15 is 0 Å². The van der Waals surface area contributed by atoms with Crippen LogP contribution in [0.5, 0.6) is 5.75 Å². The number of amides is 1. The number of nitrogens with one attached hydrogen (secondary N) is 1. The van der Waals surface area contributed by atoms with Gasteiger partial charge in [-0.25, -0.2) is 13.2 Å². The highest BCUT2D eigenvalue weighted by atomic mass is 32.2. The zero-order valence-electron chi connectivity index (χ0n) is 20.4. The van der Waals surface area contributed by atoms with Gasteiger partial charge in [0.2, 0.25) is 0 Å². The SMILES string of the molecule is COc1cc2c(cc1NS(=O)(=O)c1cccc(C(=O)OC(C)C(=O)N3CCCC3)c1)oc1ccccc12. The Bertz CT molecular complexity index is 1600. The molecule has 10 heteroatoms. The summed E-state index contributed by atoms with van der Waals surface area (Å²) in [4.78, 5) is 26.7. The molecule has 0 spiro atoms. The number of rotatable bonds is 7. The van der Waals surface area contributed by atoms with Crippen LogP contribution in [0.1, 0.15) is 30.1 Å². The molecule has 0 bridgehead atoms. The summed E-state index contributed by atoms with van der Waals surface area (Å²) in [5.41, 5.74) is 1.37. The number of para-hydroxylation sites is 1. The van der Waals surface area contributed by atoms with Crippen LogP contribution >= 0.6 is 0 Å². The number of sulfonamides is 1. The molecule has 1 aliphatic heterocycles. The molecule has 1 unspecified atom stereocenters. The van der Waals surface area contributed by atoms with Gasteiger partial charge in [0, 0.05) is 29.9 Å². The Kier molecular flexibility index (Phi) is 6.51. The number of furan rings is 1. The average Bonchev–Trinajstić information content (AvgIpc) is 3.55. The molecule has 1 amide bonds. The van der Waals surface area contributed by atoms with Crippen molar-refractivity contribution in [2.75, 3.05) is 24.9 Å². The molecule has 3 aromatic carbocycles. The summed E-state index contributed by atoms with van der Waals surface area (Å²) in [5.74, 6) is -0.727. The maximum absolute atomic E-state index is 13.2. The van der Waals surface area contributed by atoms with E-state index in [2.05, 4.69) is 4.72 Å². The van der Waals surface area contributed by atoms with Crippen molar-refractivity contribution >= 4 is 49.5 Å². The van der Waals surface area contributed by atoms with E-state index in [1.165, 1.54) is 38.3 Å². The minimum atomic E-state index is -4.11. The molecule has 192 valence electrons. The first kappa shape index (κ1) is 24.6. The number of hydrogen-bond donors (Lipinski definition) is 1. The summed E-state index contributed by atoms with van der Waals surface area (Å²) >= 11 is 0. The predicted octanol–water partition coefficient (Wildman–Crippen LogP) is 4.56. The molecule has 1 N–H and O–H groups in total. The minimum absolute atomic E-state index is 0.0173. The molecule has 1 atom stereocenters. The number of nitrogens with zero attached hydrogens (tertiary/aromatic N) is 1. The van der Waals surface area contributed by atoms with Gasteiger partial charge in [-0.05, 0) is 50.1 Å². The van der Waals surface area contributed by atoms with Crippen molar-refractivity contribution in [2.45, 2.75) is 30.8 Å². The first-order valence-electron chi connectivity index (χ1n) is 11.9. The number of hydrogen-bond acceptors (Lipinski definition) is 7. The van der Waals surface area contributed by atoms with Crippen LogP contribution in [0.4, 0.5) is 5.69 Å². The number of carbonyl (C=O) groups excluding carboxylic acids is 2. The van der Waals surface area contributed by atoms with Crippen molar-refractivity contribution in [3.05, 3.63) is 66.2 Å². The zero-order valence-corrected chi connectivity index (χ0v) is 21.2. The van der Waals surface area contributed by atoms with Crippen molar-refractivity contribution in [1.82, 2.24) is 4.90 Å². The Morgan fingerprint density at radius 3 is 2.49 bits per heavy atom. The summed E-state index contributed by atoms with van der Waals surface area (Å²) in [7, 11) is -2.67. The smallest absolute Gasteiger partial charge is 0.338 e. The maximum Gasteiger partial charge on any atom is 0.338 e. The molecule has 2 heterocycles. The van der Waals surface area contributed by atoms with Crippen LogP contribution < -0.4 is 9.46 Å². The van der Waals surface area contributed by atoms with Crippen LogP contribution in [-0.4, -0.2) is 51.5 Å². The number of likely N-dealkylation sites (tertiary alicyclic amines) is 1. The molecule has 37 heavy (non-hydrogen) atoms. The van der Waals surface area contributed by atoms with E-state index in [-0.39, 0.29) is 22.1 Å². The third-order valence-corrected chi connectivity index (χ3v) is 7.74. The zero-order chi connectivity index (χ0) is 26.2. The number of benzene rings is 3.